The van der Waals surface area contributed by atoms with E-state index in [2.05, 4.69) is 5.32 Å². The molecule has 1 aromatic carbocycles. The van der Waals surface area contributed by atoms with Gasteiger partial charge >= 0.3 is 6.03 Å². The molecule has 2 atom stereocenters. The molecule has 1 aromatic rings. The van der Waals surface area contributed by atoms with Gasteiger partial charge in [0.2, 0.25) is 5.91 Å². The molecule has 29 heavy (non-hydrogen) atoms. The SMILES string of the molecule is CCNC(=O)N1CC(C(=O)N2CCOCC2)CC(c2ccc(OC)c(OC)c2)C1. The van der Waals surface area contributed by atoms with E-state index in [1.807, 2.05) is 30.0 Å². The van der Waals surface area contributed by atoms with E-state index in [0.29, 0.717) is 63.9 Å². The Kier molecular flexibility index (Phi) is 7.19. The lowest BCUT2D eigenvalue weighted by Gasteiger charge is -2.40. The average Bonchev–Trinajstić information content (AvgIpc) is 2.78. The first-order valence-electron chi connectivity index (χ1n) is 10.2. The second-order valence-corrected chi connectivity index (χ2v) is 7.42. The van der Waals surface area contributed by atoms with E-state index >= 15 is 0 Å². The number of carbonyl (C=O) groups is 2. The van der Waals surface area contributed by atoms with E-state index in [9.17, 15) is 9.59 Å². The van der Waals surface area contributed by atoms with Gasteiger partial charge in [-0.1, -0.05) is 6.07 Å². The summed E-state index contributed by atoms with van der Waals surface area (Å²) in [6, 6.07) is 5.68. The maximum Gasteiger partial charge on any atom is 0.317 e. The molecule has 0 aliphatic carbocycles. The number of amides is 3. The molecule has 8 heteroatoms. The average molecular weight is 405 g/mol. The zero-order chi connectivity index (χ0) is 20.8. The van der Waals surface area contributed by atoms with Crippen LogP contribution in [-0.2, 0) is 9.53 Å². The van der Waals surface area contributed by atoms with Gasteiger partial charge in [0.05, 0.1) is 33.4 Å². The Morgan fingerprint density at radius 3 is 2.48 bits per heavy atom. The monoisotopic (exact) mass is 405 g/mol. The Balaban J connectivity index is 1.83. The van der Waals surface area contributed by atoms with Crippen molar-refractivity contribution in [2.45, 2.75) is 19.3 Å². The molecule has 2 unspecified atom stereocenters. The van der Waals surface area contributed by atoms with Gasteiger partial charge in [-0.05, 0) is 31.0 Å². The van der Waals surface area contributed by atoms with Gasteiger partial charge in [-0.15, -0.1) is 0 Å². The molecule has 2 aliphatic heterocycles. The molecule has 160 valence electrons. The van der Waals surface area contributed by atoms with Crippen molar-refractivity contribution in [3.8, 4) is 11.5 Å². The molecule has 0 radical (unpaired) electrons. The summed E-state index contributed by atoms with van der Waals surface area (Å²) in [5, 5.41) is 2.86. The number of morpholine rings is 1. The minimum absolute atomic E-state index is 0.0427. The zero-order valence-electron chi connectivity index (χ0n) is 17.5. The second-order valence-electron chi connectivity index (χ2n) is 7.42. The first kappa shape index (κ1) is 21.2. The summed E-state index contributed by atoms with van der Waals surface area (Å²) in [5.41, 5.74) is 1.04. The van der Waals surface area contributed by atoms with Crippen LogP contribution in [0.25, 0.3) is 0 Å². The number of methoxy groups -OCH3 is 2. The topological polar surface area (TPSA) is 80.3 Å². The highest BCUT2D eigenvalue weighted by Gasteiger charge is 2.37. The van der Waals surface area contributed by atoms with E-state index in [1.54, 1.807) is 19.1 Å². The third kappa shape index (κ3) is 4.93. The smallest absolute Gasteiger partial charge is 0.317 e. The Hall–Kier alpha value is -2.48. The van der Waals surface area contributed by atoms with Crippen LogP contribution in [0.2, 0.25) is 0 Å². The fourth-order valence-electron chi connectivity index (χ4n) is 4.10. The van der Waals surface area contributed by atoms with Crippen molar-refractivity contribution in [1.29, 1.82) is 0 Å². The van der Waals surface area contributed by atoms with E-state index in [1.165, 1.54) is 0 Å². The van der Waals surface area contributed by atoms with Gasteiger partial charge < -0.3 is 29.3 Å². The molecule has 3 amide bonds. The highest BCUT2D eigenvalue weighted by atomic mass is 16.5. The Morgan fingerprint density at radius 1 is 1.10 bits per heavy atom. The van der Waals surface area contributed by atoms with Crippen LogP contribution in [0.1, 0.15) is 24.8 Å². The fraction of sp³-hybridized carbons (Fsp3) is 0.619. The van der Waals surface area contributed by atoms with E-state index in [0.717, 1.165) is 5.56 Å². The third-order valence-electron chi connectivity index (χ3n) is 5.62. The molecular weight excluding hydrogens is 374 g/mol. The van der Waals surface area contributed by atoms with Crippen molar-refractivity contribution in [3.63, 3.8) is 0 Å². The summed E-state index contributed by atoms with van der Waals surface area (Å²) in [6.45, 7) is 5.80. The molecule has 2 saturated heterocycles. The van der Waals surface area contributed by atoms with Crippen LogP contribution in [0.4, 0.5) is 4.79 Å². The predicted octanol–water partition coefficient (Wildman–Crippen LogP) is 1.70. The molecule has 8 nitrogen and oxygen atoms in total. The summed E-state index contributed by atoms with van der Waals surface area (Å²) < 4.78 is 16.2. The van der Waals surface area contributed by atoms with Crippen LogP contribution in [0.15, 0.2) is 18.2 Å². The Bertz CT molecular complexity index is 720. The molecule has 0 spiro atoms. The van der Waals surface area contributed by atoms with Crippen LogP contribution in [0.5, 0.6) is 11.5 Å². The number of likely N-dealkylation sites (tertiary alicyclic amines) is 1. The maximum absolute atomic E-state index is 13.1. The lowest BCUT2D eigenvalue weighted by molar-refractivity contribution is -0.141. The van der Waals surface area contributed by atoms with Crippen LogP contribution < -0.4 is 14.8 Å². The number of nitrogens with zero attached hydrogens (tertiary/aromatic N) is 2. The minimum Gasteiger partial charge on any atom is -0.493 e. The van der Waals surface area contributed by atoms with Gasteiger partial charge in [-0.2, -0.15) is 0 Å². The van der Waals surface area contributed by atoms with Crippen molar-refractivity contribution in [2.24, 2.45) is 5.92 Å². The normalized spacial score (nSPS) is 22.2. The highest BCUT2D eigenvalue weighted by molar-refractivity contribution is 5.81. The number of ether oxygens (including phenoxy) is 3. The maximum atomic E-state index is 13.1. The molecular formula is C21H31N3O5. The number of benzene rings is 1. The molecule has 3 rings (SSSR count). The number of hydrogen-bond donors (Lipinski definition) is 1. The van der Waals surface area contributed by atoms with Gasteiger partial charge in [-0.25, -0.2) is 4.79 Å². The second kappa shape index (κ2) is 9.82. The number of piperidine rings is 1. The van der Waals surface area contributed by atoms with E-state index in [-0.39, 0.29) is 23.8 Å². The van der Waals surface area contributed by atoms with Crippen LogP contribution in [-0.4, -0.2) is 81.9 Å². The zero-order valence-corrected chi connectivity index (χ0v) is 17.5. The Labute approximate surface area is 172 Å². The van der Waals surface area contributed by atoms with Crippen LogP contribution >= 0.6 is 0 Å². The van der Waals surface area contributed by atoms with Gasteiger partial charge in [0, 0.05) is 38.6 Å². The van der Waals surface area contributed by atoms with E-state index < -0.39 is 0 Å². The highest BCUT2D eigenvalue weighted by Crippen LogP contribution is 2.36. The van der Waals surface area contributed by atoms with Gasteiger partial charge in [0.25, 0.3) is 0 Å². The van der Waals surface area contributed by atoms with Crippen molar-refractivity contribution in [3.05, 3.63) is 23.8 Å². The molecule has 2 aliphatic rings. The standard InChI is InChI=1S/C21H31N3O5/c1-4-22-21(26)24-13-16(15-5-6-18(27-2)19(12-15)28-3)11-17(14-24)20(25)23-7-9-29-10-8-23/h5-6,12,16-17H,4,7-11,13-14H2,1-3H3,(H,22,26). The minimum atomic E-state index is -0.234. The molecule has 2 heterocycles. The number of urea groups is 1. The molecule has 2 fully saturated rings. The summed E-state index contributed by atoms with van der Waals surface area (Å²) >= 11 is 0. The molecule has 1 N–H and O–H groups in total. The van der Waals surface area contributed by atoms with Gasteiger partial charge in [0.15, 0.2) is 11.5 Å². The van der Waals surface area contributed by atoms with Crippen molar-refractivity contribution < 1.29 is 23.8 Å². The number of hydrogen-bond acceptors (Lipinski definition) is 5. The lowest BCUT2D eigenvalue weighted by atomic mass is 9.83. The Morgan fingerprint density at radius 2 is 1.83 bits per heavy atom. The number of carbonyl (C=O) groups excluding carboxylic acids is 2. The van der Waals surface area contributed by atoms with Crippen molar-refractivity contribution >= 4 is 11.9 Å². The fourth-order valence-corrected chi connectivity index (χ4v) is 4.10. The number of rotatable bonds is 5. The lowest BCUT2D eigenvalue weighted by Crippen LogP contribution is -2.53. The largest absolute Gasteiger partial charge is 0.493 e. The summed E-state index contributed by atoms with van der Waals surface area (Å²) in [4.78, 5) is 29.3. The summed E-state index contributed by atoms with van der Waals surface area (Å²) in [7, 11) is 3.21. The molecule has 0 aromatic heterocycles. The quantitative estimate of drug-likeness (QED) is 0.807. The molecule has 0 bridgehead atoms. The molecule has 0 saturated carbocycles. The summed E-state index contributed by atoms with van der Waals surface area (Å²) in [5.74, 6) is 1.22. The number of nitrogens with one attached hydrogen (secondary N) is 1. The summed E-state index contributed by atoms with van der Waals surface area (Å²) in [6.07, 6.45) is 0.696. The first-order chi connectivity index (χ1) is 14.1. The third-order valence-corrected chi connectivity index (χ3v) is 5.62. The van der Waals surface area contributed by atoms with Crippen molar-refractivity contribution in [2.75, 3.05) is 60.2 Å². The van der Waals surface area contributed by atoms with E-state index in [4.69, 9.17) is 14.2 Å². The van der Waals surface area contributed by atoms with Gasteiger partial charge in [-0.3, -0.25) is 4.79 Å². The van der Waals surface area contributed by atoms with Crippen molar-refractivity contribution in [1.82, 2.24) is 15.1 Å². The predicted molar refractivity (Wildman–Crippen MR) is 108 cm³/mol. The van der Waals surface area contributed by atoms with Gasteiger partial charge in [0.1, 0.15) is 0 Å². The van der Waals surface area contributed by atoms with Crippen LogP contribution in [0, 0.1) is 5.92 Å². The first-order valence-corrected chi connectivity index (χ1v) is 10.2. The van der Waals surface area contributed by atoms with Crippen LogP contribution in [0.3, 0.4) is 0 Å².